The summed E-state index contributed by atoms with van der Waals surface area (Å²) < 4.78 is 32.7. The molecule has 1 saturated heterocycles. The van der Waals surface area contributed by atoms with Crippen LogP contribution in [0.3, 0.4) is 0 Å². The van der Waals surface area contributed by atoms with E-state index >= 15 is 0 Å². The van der Waals surface area contributed by atoms with Gasteiger partial charge in [0.1, 0.15) is 18.5 Å². The molecule has 0 spiro atoms. The van der Waals surface area contributed by atoms with Crippen molar-refractivity contribution in [2.24, 2.45) is 0 Å². The van der Waals surface area contributed by atoms with E-state index in [9.17, 15) is 24.0 Å². The van der Waals surface area contributed by atoms with Gasteiger partial charge in [-0.2, -0.15) is 0 Å². The molecule has 5 atom stereocenters. The number of hydrogen-bond acceptors (Lipinski definition) is 11. The van der Waals surface area contributed by atoms with Gasteiger partial charge in [-0.25, -0.2) is 4.79 Å². The zero-order valence-electron chi connectivity index (χ0n) is 19.3. The molecule has 0 saturated carbocycles. The van der Waals surface area contributed by atoms with Crippen LogP contribution in [-0.2, 0) is 42.9 Å². The first-order valence-corrected chi connectivity index (χ1v) is 10.2. The molecular weight excluding hydrogens is 456 g/mol. The van der Waals surface area contributed by atoms with E-state index in [0.29, 0.717) is 5.56 Å². The Bertz CT molecular complexity index is 955. The second-order valence-electron chi connectivity index (χ2n) is 7.47. The van der Waals surface area contributed by atoms with Crippen LogP contribution in [0.25, 0.3) is 0 Å². The van der Waals surface area contributed by atoms with Gasteiger partial charge in [0.05, 0.1) is 5.56 Å². The molecule has 1 aliphatic heterocycles. The minimum Gasteiger partial charge on any atom is -0.478 e. The summed E-state index contributed by atoms with van der Waals surface area (Å²) in [6.07, 6.45) is -6.64. The molecule has 186 valence electrons. The highest BCUT2D eigenvalue weighted by molar-refractivity contribution is 5.88. The zero-order chi connectivity index (χ0) is 25.6. The van der Waals surface area contributed by atoms with E-state index < -0.39 is 67.2 Å². The summed E-state index contributed by atoms with van der Waals surface area (Å²) in [4.78, 5) is 58.0. The van der Waals surface area contributed by atoms with Gasteiger partial charge in [0.2, 0.25) is 12.4 Å². The highest BCUT2D eigenvalue weighted by Gasteiger charge is 2.53. The third-order valence-corrected chi connectivity index (χ3v) is 4.61. The van der Waals surface area contributed by atoms with Gasteiger partial charge in [0.25, 0.3) is 0 Å². The quantitative estimate of drug-likeness (QED) is 0.416. The molecule has 0 radical (unpaired) electrons. The van der Waals surface area contributed by atoms with Crippen molar-refractivity contribution in [1.29, 1.82) is 0 Å². The first-order valence-electron chi connectivity index (χ1n) is 10.2. The molecule has 1 heterocycles. The molecule has 0 aromatic heterocycles. The second kappa shape index (κ2) is 11.5. The molecule has 34 heavy (non-hydrogen) atoms. The van der Waals surface area contributed by atoms with Gasteiger partial charge in [-0.05, 0) is 30.7 Å². The van der Waals surface area contributed by atoms with Crippen LogP contribution in [0.1, 0.15) is 43.6 Å². The van der Waals surface area contributed by atoms with Crippen molar-refractivity contribution in [3.05, 3.63) is 29.3 Å². The molecule has 12 heteroatoms. The van der Waals surface area contributed by atoms with Crippen LogP contribution in [-0.4, -0.2) is 72.3 Å². The lowest BCUT2D eigenvalue weighted by Gasteiger charge is -2.44. The Hall–Kier alpha value is -3.67. The summed E-state index contributed by atoms with van der Waals surface area (Å²) in [5.41, 5.74) is 0.444. The number of carbonyl (C=O) groups excluding carboxylic acids is 4. The van der Waals surface area contributed by atoms with Gasteiger partial charge in [0, 0.05) is 27.7 Å². The normalized spacial score (nSPS) is 23.9. The lowest BCUT2D eigenvalue weighted by molar-refractivity contribution is -0.288. The maximum absolute atomic E-state index is 11.8. The average molecular weight is 482 g/mol. The molecule has 1 aromatic rings. The number of aromatic carboxylic acids is 1. The van der Waals surface area contributed by atoms with Gasteiger partial charge >= 0.3 is 29.8 Å². The van der Waals surface area contributed by atoms with Crippen LogP contribution in [0.15, 0.2) is 18.2 Å². The van der Waals surface area contributed by atoms with Gasteiger partial charge < -0.3 is 33.5 Å². The van der Waals surface area contributed by atoms with Crippen LogP contribution in [0.2, 0.25) is 0 Å². The number of carboxylic acid groups (broad SMARTS) is 1. The van der Waals surface area contributed by atoms with Crippen molar-refractivity contribution in [3.8, 4) is 5.75 Å². The van der Waals surface area contributed by atoms with Crippen LogP contribution < -0.4 is 4.74 Å². The minimum atomic E-state index is -1.41. The number of rotatable bonds is 8. The fourth-order valence-electron chi connectivity index (χ4n) is 3.32. The standard InChI is InChI=1S/C22H26O12/c1-10-8-15(21(27)28)6-7-16(10)33-22-20(32-14(5)26)19(31-13(4)25)18(30-12(3)24)17(34-22)9-29-11(2)23/h6-8,17-20,22H,9H2,1-5H3,(H,27,28)/t17-,18+,19+,20+,22?/m1/s1. The second-order valence-corrected chi connectivity index (χ2v) is 7.47. The van der Waals surface area contributed by atoms with Crippen molar-refractivity contribution >= 4 is 29.8 Å². The van der Waals surface area contributed by atoms with Gasteiger partial charge in [-0.3, -0.25) is 19.2 Å². The van der Waals surface area contributed by atoms with Crippen molar-refractivity contribution in [2.45, 2.75) is 65.3 Å². The molecule has 0 aliphatic carbocycles. The molecule has 0 bridgehead atoms. The van der Waals surface area contributed by atoms with Crippen molar-refractivity contribution < 1.29 is 57.5 Å². The van der Waals surface area contributed by atoms with Gasteiger partial charge in [0.15, 0.2) is 12.2 Å². The van der Waals surface area contributed by atoms with Gasteiger partial charge in [-0.1, -0.05) is 0 Å². The first-order chi connectivity index (χ1) is 15.9. The van der Waals surface area contributed by atoms with Crippen molar-refractivity contribution in [3.63, 3.8) is 0 Å². The summed E-state index contributed by atoms with van der Waals surface area (Å²) in [5, 5.41) is 9.17. The Labute approximate surface area is 195 Å². The van der Waals surface area contributed by atoms with Crippen LogP contribution >= 0.6 is 0 Å². The molecule has 1 N–H and O–H groups in total. The number of carboxylic acids is 1. The topological polar surface area (TPSA) is 161 Å². The first kappa shape index (κ1) is 26.6. The summed E-state index contributed by atoms with van der Waals surface area (Å²) in [5.74, 6) is -3.88. The third kappa shape index (κ3) is 7.17. The minimum absolute atomic E-state index is 0.0198. The predicted molar refractivity (Wildman–Crippen MR) is 111 cm³/mol. The van der Waals surface area contributed by atoms with Crippen LogP contribution in [0, 0.1) is 6.92 Å². The molecule has 1 unspecified atom stereocenters. The molecule has 1 aliphatic rings. The SMILES string of the molecule is CC(=O)OC[C@H]1OC(Oc2ccc(C(=O)O)cc2C)[C@@H](OC(C)=O)[C@@H](OC(C)=O)[C@H]1OC(C)=O. The molecule has 12 nitrogen and oxygen atoms in total. The fraction of sp³-hybridized carbons (Fsp3) is 0.500. The highest BCUT2D eigenvalue weighted by Crippen LogP contribution is 2.32. The monoisotopic (exact) mass is 482 g/mol. The number of benzene rings is 1. The summed E-state index contributed by atoms with van der Waals surface area (Å²) in [6.45, 7) is 5.69. The number of ether oxygens (including phenoxy) is 6. The fourth-order valence-corrected chi connectivity index (χ4v) is 3.32. The van der Waals surface area contributed by atoms with Crippen LogP contribution in [0.5, 0.6) is 5.75 Å². The number of carbonyl (C=O) groups is 5. The Morgan fingerprint density at radius 1 is 0.853 bits per heavy atom. The molecule has 1 aromatic carbocycles. The van der Waals surface area contributed by atoms with E-state index in [-0.39, 0.29) is 11.3 Å². The average Bonchev–Trinajstić information content (AvgIpc) is 2.71. The van der Waals surface area contributed by atoms with E-state index in [1.807, 2.05) is 0 Å². The lowest BCUT2D eigenvalue weighted by Crippen LogP contribution is -2.63. The smallest absolute Gasteiger partial charge is 0.335 e. The Kier molecular flexibility index (Phi) is 8.96. The predicted octanol–water partition coefficient (Wildman–Crippen LogP) is 1.16. The molecule has 0 amide bonds. The maximum Gasteiger partial charge on any atom is 0.335 e. The lowest BCUT2D eigenvalue weighted by atomic mass is 9.98. The Balaban J connectivity index is 2.49. The highest BCUT2D eigenvalue weighted by atomic mass is 16.7. The van der Waals surface area contributed by atoms with Crippen molar-refractivity contribution in [1.82, 2.24) is 0 Å². The largest absolute Gasteiger partial charge is 0.478 e. The van der Waals surface area contributed by atoms with Crippen LogP contribution in [0.4, 0.5) is 0 Å². The molecule has 1 fully saturated rings. The zero-order valence-corrected chi connectivity index (χ0v) is 19.3. The molecular formula is C22H26O12. The Morgan fingerprint density at radius 3 is 1.91 bits per heavy atom. The summed E-state index contributed by atoms with van der Waals surface area (Å²) in [6, 6.07) is 4.05. The summed E-state index contributed by atoms with van der Waals surface area (Å²) >= 11 is 0. The number of esters is 4. The van der Waals surface area contributed by atoms with E-state index in [1.54, 1.807) is 6.92 Å². The molecule has 2 rings (SSSR count). The third-order valence-electron chi connectivity index (χ3n) is 4.61. The van der Waals surface area contributed by atoms with E-state index in [2.05, 4.69) is 0 Å². The van der Waals surface area contributed by atoms with E-state index in [1.165, 1.54) is 18.2 Å². The van der Waals surface area contributed by atoms with Crippen molar-refractivity contribution in [2.75, 3.05) is 6.61 Å². The Morgan fingerprint density at radius 2 is 1.41 bits per heavy atom. The number of aryl methyl sites for hydroxylation is 1. The summed E-state index contributed by atoms with van der Waals surface area (Å²) in [7, 11) is 0. The maximum atomic E-state index is 11.8. The van der Waals surface area contributed by atoms with E-state index in [0.717, 1.165) is 27.7 Å². The van der Waals surface area contributed by atoms with Gasteiger partial charge in [-0.15, -0.1) is 0 Å². The number of hydrogen-bond donors (Lipinski definition) is 1. The van der Waals surface area contributed by atoms with E-state index in [4.69, 9.17) is 33.5 Å².